The number of carboxylic acid groups (broad SMARTS) is 1. The molecule has 6 heteroatoms. The number of hydrogen-bond acceptors (Lipinski definition) is 2. The van der Waals surface area contributed by atoms with Crippen LogP contribution in [0.5, 0.6) is 5.75 Å². The molecule has 20 heavy (non-hydrogen) atoms. The van der Waals surface area contributed by atoms with Crippen LogP contribution in [-0.4, -0.2) is 11.1 Å². The molecule has 2 aromatic carbocycles. The second-order valence-electron chi connectivity index (χ2n) is 3.97. The molecule has 0 aromatic heterocycles. The molecule has 0 radical (unpaired) electrons. The van der Waals surface area contributed by atoms with Crippen molar-refractivity contribution < 1.29 is 23.4 Å². The van der Waals surface area contributed by atoms with Crippen LogP contribution in [0.1, 0.15) is 15.9 Å². The molecule has 3 nitrogen and oxygen atoms in total. The van der Waals surface area contributed by atoms with Gasteiger partial charge in [0.25, 0.3) is 0 Å². The highest BCUT2D eigenvalue weighted by atomic mass is 35.5. The maximum Gasteiger partial charge on any atom is 0.335 e. The van der Waals surface area contributed by atoms with Crippen LogP contribution in [0.25, 0.3) is 0 Å². The maximum atomic E-state index is 13.6. The fourth-order valence-electron chi connectivity index (χ4n) is 1.56. The first-order valence-corrected chi connectivity index (χ1v) is 5.95. The van der Waals surface area contributed by atoms with Crippen LogP contribution in [0.4, 0.5) is 8.78 Å². The first-order chi connectivity index (χ1) is 9.47. The van der Waals surface area contributed by atoms with Crippen molar-refractivity contribution in [3.05, 3.63) is 64.2 Å². The van der Waals surface area contributed by atoms with Crippen molar-refractivity contribution in [2.45, 2.75) is 6.61 Å². The van der Waals surface area contributed by atoms with E-state index >= 15 is 0 Å². The predicted molar refractivity (Wildman–Crippen MR) is 69.1 cm³/mol. The van der Waals surface area contributed by atoms with Crippen molar-refractivity contribution in [3.63, 3.8) is 0 Å². The average Bonchev–Trinajstić information content (AvgIpc) is 2.40. The molecule has 0 heterocycles. The summed E-state index contributed by atoms with van der Waals surface area (Å²) in [5, 5.41) is 9.04. The van der Waals surface area contributed by atoms with Gasteiger partial charge in [0.05, 0.1) is 5.56 Å². The fraction of sp³-hybridized carbons (Fsp3) is 0.0714. The van der Waals surface area contributed by atoms with Gasteiger partial charge in [0, 0.05) is 10.6 Å². The van der Waals surface area contributed by atoms with E-state index in [1.807, 2.05) is 0 Å². The molecular formula is C14H9ClF2O3. The summed E-state index contributed by atoms with van der Waals surface area (Å²) < 4.78 is 32.1. The molecular weight excluding hydrogens is 290 g/mol. The Morgan fingerprint density at radius 1 is 1.15 bits per heavy atom. The monoisotopic (exact) mass is 298 g/mol. The molecule has 0 aliphatic rings. The molecule has 0 fully saturated rings. The van der Waals surface area contributed by atoms with Crippen LogP contribution in [-0.2, 0) is 6.61 Å². The minimum absolute atomic E-state index is 0.158. The summed E-state index contributed by atoms with van der Waals surface area (Å²) in [5.41, 5.74) is -0.0111. The summed E-state index contributed by atoms with van der Waals surface area (Å²) >= 11 is 5.72. The summed E-state index contributed by atoms with van der Waals surface area (Å²) in [5.74, 6) is -2.74. The van der Waals surface area contributed by atoms with Gasteiger partial charge in [-0.1, -0.05) is 11.6 Å². The van der Waals surface area contributed by atoms with Crippen molar-refractivity contribution in [2.24, 2.45) is 0 Å². The average molecular weight is 299 g/mol. The minimum Gasteiger partial charge on any atom is -0.486 e. The van der Waals surface area contributed by atoms with Crippen molar-refractivity contribution in [1.29, 1.82) is 0 Å². The lowest BCUT2D eigenvalue weighted by atomic mass is 10.2. The number of halogens is 3. The number of carboxylic acids is 1. The Kier molecular flexibility index (Phi) is 4.20. The van der Waals surface area contributed by atoms with Crippen LogP contribution >= 0.6 is 11.6 Å². The van der Waals surface area contributed by atoms with Crippen molar-refractivity contribution >= 4 is 17.6 Å². The Bertz CT molecular complexity index is 659. The van der Waals surface area contributed by atoms with Gasteiger partial charge in [-0.3, -0.25) is 0 Å². The molecule has 0 unspecified atom stereocenters. The van der Waals surface area contributed by atoms with E-state index in [0.717, 1.165) is 6.07 Å². The summed E-state index contributed by atoms with van der Waals surface area (Å²) in [7, 11) is 0. The Morgan fingerprint density at radius 3 is 2.55 bits per heavy atom. The van der Waals surface area contributed by atoms with Crippen LogP contribution < -0.4 is 4.74 Å². The number of rotatable bonds is 4. The second-order valence-corrected chi connectivity index (χ2v) is 4.41. The van der Waals surface area contributed by atoms with Crippen LogP contribution in [0.2, 0.25) is 5.02 Å². The number of benzene rings is 2. The highest BCUT2D eigenvalue weighted by molar-refractivity contribution is 6.30. The molecule has 0 saturated carbocycles. The van der Waals surface area contributed by atoms with Gasteiger partial charge in [-0.2, -0.15) is 0 Å². The van der Waals surface area contributed by atoms with Gasteiger partial charge in [-0.05, 0) is 36.4 Å². The van der Waals surface area contributed by atoms with E-state index in [-0.39, 0.29) is 23.5 Å². The van der Waals surface area contributed by atoms with Crippen molar-refractivity contribution in [2.75, 3.05) is 0 Å². The van der Waals surface area contributed by atoms with E-state index in [1.54, 1.807) is 0 Å². The van der Waals surface area contributed by atoms with Gasteiger partial charge in [-0.25, -0.2) is 13.6 Å². The summed E-state index contributed by atoms with van der Waals surface area (Å²) in [4.78, 5) is 10.7. The molecule has 1 N–H and O–H groups in total. The molecule has 0 amide bonds. The highest BCUT2D eigenvalue weighted by Gasteiger charge is 2.10. The zero-order valence-corrected chi connectivity index (χ0v) is 10.8. The molecule has 0 aliphatic carbocycles. The zero-order valence-electron chi connectivity index (χ0n) is 10.1. The molecule has 0 spiro atoms. The third-order valence-corrected chi connectivity index (χ3v) is 2.80. The van der Waals surface area contributed by atoms with Gasteiger partial charge < -0.3 is 9.84 Å². The van der Waals surface area contributed by atoms with E-state index in [1.165, 1.54) is 30.3 Å². The highest BCUT2D eigenvalue weighted by Crippen LogP contribution is 2.21. The van der Waals surface area contributed by atoms with E-state index in [4.69, 9.17) is 21.4 Å². The van der Waals surface area contributed by atoms with Crippen molar-refractivity contribution in [3.8, 4) is 5.75 Å². The number of aromatic carboxylic acids is 1. The topological polar surface area (TPSA) is 46.5 Å². The summed E-state index contributed by atoms with van der Waals surface area (Å²) in [6.07, 6.45) is 0. The quantitative estimate of drug-likeness (QED) is 0.931. The SMILES string of the molecule is O=C(O)c1ccc(OCc2cc(Cl)ccc2F)c(F)c1. The summed E-state index contributed by atoms with van der Waals surface area (Å²) in [6.45, 7) is -0.213. The molecule has 0 atom stereocenters. The smallest absolute Gasteiger partial charge is 0.335 e. The Hall–Kier alpha value is -2.14. The van der Waals surface area contributed by atoms with Gasteiger partial charge in [0.2, 0.25) is 0 Å². The lowest BCUT2D eigenvalue weighted by Gasteiger charge is -2.09. The van der Waals surface area contributed by atoms with Crippen LogP contribution in [0.3, 0.4) is 0 Å². The largest absolute Gasteiger partial charge is 0.486 e. The second kappa shape index (κ2) is 5.88. The Balaban J connectivity index is 2.15. The molecule has 0 saturated heterocycles. The summed E-state index contributed by atoms with van der Waals surface area (Å²) in [6, 6.07) is 7.18. The normalized spacial score (nSPS) is 10.3. The third-order valence-electron chi connectivity index (χ3n) is 2.57. The third kappa shape index (κ3) is 3.24. The number of carbonyl (C=O) groups is 1. The van der Waals surface area contributed by atoms with E-state index in [2.05, 4.69) is 0 Å². The fourth-order valence-corrected chi connectivity index (χ4v) is 1.76. The standard InChI is InChI=1S/C14H9ClF2O3/c15-10-2-3-11(16)9(5-10)7-20-13-4-1-8(14(18)19)6-12(13)17/h1-6H,7H2,(H,18,19). The first kappa shape index (κ1) is 14.3. The lowest BCUT2D eigenvalue weighted by Crippen LogP contribution is -2.02. The lowest BCUT2D eigenvalue weighted by molar-refractivity contribution is 0.0696. The Labute approximate surface area is 118 Å². The van der Waals surface area contributed by atoms with Gasteiger partial charge >= 0.3 is 5.97 Å². The molecule has 2 aromatic rings. The predicted octanol–water partition coefficient (Wildman–Crippen LogP) is 3.90. The van der Waals surface area contributed by atoms with Crippen LogP contribution in [0.15, 0.2) is 36.4 Å². The maximum absolute atomic E-state index is 13.6. The van der Waals surface area contributed by atoms with E-state index in [9.17, 15) is 13.6 Å². The van der Waals surface area contributed by atoms with E-state index < -0.39 is 17.6 Å². The number of hydrogen-bond donors (Lipinski definition) is 1. The Morgan fingerprint density at radius 2 is 1.90 bits per heavy atom. The van der Waals surface area contributed by atoms with Crippen LogP contribution in [0, 0.1) is 11.6 Å². The molecule has 104 valence electrons. The molecule has 2 rings (SSSR count). The first-order valence-electron chi connectivity index (χ1n) is 5.57. The van der Waals surface area contributed by atoms with Gasteiger partial charge in [0.15, 0.2) is 11.6 Å². The molecule has 0 aliphatic heterocycles. The van der Waals surface area contributed by atoms with Gasteiger partial charge in [-0.15, -0.1) is 0 Å². The molecule has 0 bridgehead atoms. The zero-order chi connectivity index (χ0) is 14.7. The minimum atomic E-state index is -1.24. The van der Waals surface area contributed by atoms with E-state index in [0.29, 0.717) is 5.02 Å². The van der Waals surface area contributed by atoms with Crippen molar-refractivity contribution in [1.82, 2.24) is 0 Å². The van der Waals surface area contributed by atoms with Gasteiger partial charge in [0.1, 0.15) is 12.4 Å². The number of ether oxygens (including phenoxy) is 1.